The fraction of sp³-hybridized carbons (Fsp3) is 0.300. The van der Waals surface area contributed by atoms with Crippen LogP contribution in [0.1, 0.15) is 28.8 Å². The van der Waals surface area contributed by atoms with Gasteiger partial charge in [0.25, 0.3) is 5.91 Å². The first-order valence-electron chi connectivity index (χ1n) is 8.52. The number of nitrogens with zero attached hydrogens (tertiary/aromatic N) is 1. The lowest BCUT2D eigenvalue weighted by atomic mass is 9.71. The highest BCUT2D eigenvalue weighted by Gasteiger charge is 2.45. The summed E-state index contributed by atoms with van der Waals surface area (Å²) in [7, 11) is 0. The fourth-order valence-electron chi connectivity index (χ4n) is 3.81. The van der Waals surface area contributed by atoms with E-state index < -0.39 is 5.41 Å². The molecule has 0 saturated carbocycles. The molecule has 1 N–H and O–H groups in total. The largest absolute Gasteiger partial charge is 0.339 e. The molecule has 2 amide bonds. The number of hydrogen-bond donors (Lipinski definition) is 1. The highest BCUT2D eigenvalue weighted by molar-refractivity contribution is 5.99. The van der Waals surface area contributed by atoms with E-state index >= 15 is 0 Å². The van der Waals surface area contributed by atoms with Crippen molar-refractivity contribution >= 4 is 17.5 Å². The lowest BCUT2D eigenvalue weighted by molar-refractivity contribution is -0.128. The molecule has 1 saturated heterocycles. The van der Waals surface area contributed by atoms with Crippen molar-refractivity contribution in [2.75, 3.05) is 18.4 Å². The Morgan fingerprint density at radius 3 is 2.44 bits per heavy atom. The van der Waals surface area contributed by atoms with Crippen LogP contribution in [0.15, 0.2) is 48.5 Å². The molecular weight excluding hydrogens is 319 g/mol. The second kappa shape index (κ2) is 5.99. The van der Waals surface area contributed by atoms with Crippen LogP contribution >= 0.6 is 0 Å². The van der Waals surface area contributed by atoms with Gasteiger partial charge in [0.1, 0.15) is 5.82 Å². The highest BCUT2D eigenvalue weighted by Crippen LogP contribution is 2.41. The number of para-hydroxylation sites is 1. The number of fused-ring (bicyclic) bond motifs is 1. The first-order valence-corrected chi connectivity index (χ1v) is 8.52. The summed E-state index contributed by atoms with van der Waals surface area (Å²) in [5, 5.41) is 3.02. The molecule has 2 aliphatic heterocycles. The van der Waals surface area contributed by atoms with E-state index in [1.165, 1.54) is 24.3 Å². The molecule has 0 atom stereocenters. The summed E-state index contributed by atoms with van der Waals surface area (Å²) in [6.45, 7) is 1.07. The maximum absolute atomic E-state index is 13.0. The molecular formula is C20H19FN2O2. The number of amides is 2. The van der Waals surface area contributed by atoms with Crippen LogP contribution in [0, 0.1) is 11.2 Å². The van der Waals surface area contributed by atoms with Crippen LogP contribution in [-0.4, -0.2) is 29.8 Å². The highest BCUT2D eigenvalue weighted by atomic mass is 19.1. The minimum atomic E-state index is -0.437. The molecule has 0 aliphatic carbocycles. The van der Waals surface area contributed by atoms with Crippen LogP contribution < -0.4 is 5.32 Å². The van der Waals surface area contributed by atoms with Gasteiger partial charge in [-0.15, -0.1) is 0 Å². The van der Waals surface area contributed by atoms with Gasteiger partial charge < -0.3 is 10.2 Å². The van der Waals surface area contributed by atoms with Gasteiger partial charge >= 0.3 is 0 Å². The summed E-state index contributed by atoms with van der Waals surface area (Å²) >= 11 is 0. The predicted molar refractivity (Wildman–Crippen MR) is 92.7 cm³/mol. The van der Waals surface area contributed by atoms with Crippen LogP contribution in [-0.2, 0) is 11.2 Å². The zero-order valence-electron chi connectivity index (χ0n) is 13.8. The van der Waals surface area contributed by atoms with Crippen LogP contribution in [0.5, 0.6) is 0 Å². The third kappa shape index (κ3) is 2.80. The second-order valence-electron chi connectivity index (χ2n) is 6.87. The summed E-state index contributed by atoms with van der Waals surface area (Å²) in [5.41, 5.74) is 2.09. The van der Waals surface area contributed by atoms with Gasteiger partial charge in [0.2, 0.25) is 5.91 Å². The van der Waals surface area contributed by atoms with Crippen molar-refractivity contribution in [3.8, 4) is 0 Å². The lowest BCUT2D eigenvalue weighted by Crippen LogP contribution is -2.51. The van der Waals surface area contributed by atoms with Crippen molar-refractivity contribution in [1.29, 1.82) is 0 Å². The van der Waals surface area contributed by atoms with Crippen LogP contribution in [0.25, 0.3) is 0 Å². The van der Waals surface area contributed by atoms with Crippen LogP contribution in [0.2, 0.25) is 0 Å². The van der Waals surface area contributed by atoms with Crippen LogP contribution in [0.3, 0.4) is 0 Å². The van der Waals surface area contributed by atoms with Gasteiger partial charge in [-0.05, 0) is 55.2 Å². The molecule has 2 aromatic carbocycles. The van der Waals surface area contributed by atoms with Gasteiger partial charge in [-0.3, -0.25) is 9.59 Å². The zero-order valence-corrected chi connectivity index (χ0v) is 13.8. The number of anilines is 1. The Morgan fingerprint density at radius 2 is 1.72 bits per heavy atom. The Bertz CT molecular complexity index is 824. The maximum atomic E-state index is 13.0. The van der Waals surface area contributed by atoms with Gasteiger partial charge in [0.05, 0.1) is 5.41 Å². The molecule has 4 rings (SSSR count). The number of likely N-dealkylation sites (tertiary alicyclic amines) is 1. The van der Waals surface area contributed by atoms with Gasteiger partial charge in [0.15, 0.2) is 0 Å². The van der Waals surface area contributed by atoms with Crippen molar-refractivity contribution in [2.24, 2.45) is 5.41 Å². The second-order valence-corrected chi connectivity index (χ2v) is 6.87. The molecule has 25 heavy (non-hydrogen) atoms. The average Bonchev–Trinajstić information content (AvgIpc) is 2.63. The number of piperidine rings is 1. The Labute approximate surface area is 145 Å². The molecule has 1 fully saturated rings. The van der Waals surface area contributed by atoms with E-state index in [0.29, 0.717) is 37.9 Å². The summed E-state index contributed by atoms with van der Waals surface area (Å²) in [6.07, 6.45) is 1.99. The molecule has 128 valence electrons. The monoisotopic (exact) mass is 338 g/mol. The number of carbonyl (C=O) groups excluding carboxylic acids is 2. The molecule has 0 aromatic heterocycles. The summed E-state index contributed by atoms with van der Waals surface area (Å²) in [6, 6.07) is 13.5. The van der Waals surface area contributed by atoms with E-state index in [9.17, 15) is 14.0 Å². The predicted octanol–water partition coefficient (Wildman–Crippen LogP) is 3.24. The normalized spacial score (nSPS) is 18.6. The average molecular weight is 338 g/mol. The molecule has 0 bridgehead atoms. The van der Waals surface area contributed by atoms with E-state index in [1.54, 1.807) is 4.90 Å². The van der Waals surface area contributed by atoms with Gasteiger partial charge in [0, 0.05) is 24.3 Å². The number of nitrogens with one attached hydrogen (secondary N) is 1. The molecule has 5 heteroatoms. The van der Waals surface area contributed by atoms with Gasteiger partial charge in [-0.2, -0.15) is 0 Å². The molecule has 2 aliphatic rings. The van der Waals surface area contributed by atoms with E-state index in [2.05, 4.69) is 5.32 Å². The maximum Gasteiger partial charge on any atom is 0.253 e. The third-order valence-electron chi connectivity index (χ3n) is 5.38. The molecule has 2 heterocycles. The molecule has 1 spiro atoms. The fourth-order valence-corrected chi connectivity index (χ4v) is 3.81. The molecule has 2 aromatic rings. The third-order valence-corrected chi connectivity index (χ3v) is 5.38. The number of rotatable bonds is 1. The first kappa shape index (κ1) is 15.8. The topological polar surface area (TPSA) is 49.4 Å². The molecule has 0 radical (unpaired) electrons. The van der Waals surface area contributed by atoms with Crippen molar-refractivity contribution in [1.82, 2.24) is 4.90 Å². The lowest BCUT2D eigenvalue weighted by Gasteiger charge is -2.43. The van der Waals surface area contributed by atoms with E-state index in [-0.39, 0.29) is 17.6 Å². The number of carbonyl (C=O) groups is 2. The molecule has 4 nitrogen and oxygen atoms in total. The van der Waals surface area contributed by atoms with Crippen molar-refractivity contribution < 1.29 is 14.0 Å². The number of halogens is 1. The smallest absolute Gasteiger partial charge is 0.253 e. The molecule has 0 unspecified atom stereocenters. The minimum absolute atomic E-state index is 0.0556. The Hall–Kier alpha value is -2.69. The van der Waals surface area contributed by atoms with Crippen LogP contribution in [0.4, 0.5) is 10.1 Å². The van der Waals surface area contributed by atoms with Crippen molar-refractivity contribution in [2.45, 2.75) is 19.3 Å². The number of benzene rings is 2. The van der Waals surface area contributed by atoms with E-state index in [4.69, 9.17) is 0 Å². The summed E-state index contributed by atoms with van der Waals surface area (Å²) < 4.78 is 13.0. The Kier molecular flexibility index (Phi) is 3.79. The van der Waals surface area contributed by atoms with Gasteiger partial charge in [-0.25, -0.2) is 4.39 Å². The summed E-state index contributed by atoms with van der Waals surface area (Å²) in [4.78, 5) is 27.0. The zero-order chi connectivity index (χ0) is 17.4. The SMILES string of the molecule is O=C(c1ccc(F)cc1)N1CCC2(CC1)Cc1ccccc1NC2=O. The van der Waals surface area contributed by atoms with E-state index in [0.717, 1.165) is 11.3 Å². The van der Waals surface area contributed by atoms with E-state index in [1.807, 2.05) is 24.3 Å². The Balaban J connectivity index is 1.49. The van der Waals surface area contributed by atoms with Crippen molar-refractivity contribution in [3.05, 3.63) is 65.5 Å². The minimum Gasteiger partial charge on any atom is -0.339 e. The van der Waals surface area contributed by atoms with Gasteiger partial charge in [-0.1, -0.05) is 18.2 Å². The Morgan fingerprint density at radius 1 is 1.04 bits per heavy atom. The number of hydrogen-bond acceptors (Lipinski definition) is 2. The van der Waals surface area contributed by atoms with Crippen molar-refractivity contribution in [3.63, 3.8) is 0 Å². The summed E-state index contributed by atoms with van der Waals surface area (Å²) in [5.74, 6) is -0.404. The first-order chi connectivity index (χ1) is 12.1. The quantitative estimate of drug-likeness (QED) is 0.868. The standard InChI is InChI=1S/C20H19FN2O2/c21-16-7-5-14(6-8-16)18(24)23-11-9-20(10-12-23)13-15-3-1-2-4-17(15)22-19(20)25/h1-8H,9-13H2,(H,22,25).